The van der Waals surface area contributed by atoms with E-state index in [0.717, 1.165) is 12.0 Å². The second kappa shape index (κ2) is 9.52. The number of carbonyl (C=O) groups excluding carboxylic acids is 2. The number of thioether (sulfide) groups is 1. The Morgan fingerprint density at radius 1 is 1.28 bits per heavy atom. The van der Waals surface area contributed by atoms with Gasteiger partial charge in [0.2, 0.25) is 5.91 Å². The Morgan fingerprint density at radius 3 is 2.66 bits per heavy atom. The Morgan fingerprint density at radius 2 is 2.00 bits per heavy atom. The van der Waals surface area contributed by atoms with Crippen molar-refractivity contribution in [2.75, 3.05) is 11.9 Å². The molecule has 1 N–H and O–H groups in total. The second-order valence-electron chi connectivity index (χ2n) is 6.36. The average Bonchev–Trinajstić information content (AvgIpc) is 2.96. The Labute approximate surface area is 183 Å². The van der Waals surface area contributed by atoms with Crippen molar-refractivity contribution >= 4 is 63.5 Å². The van der Waals surface area contributed by atoms with Gasteiger partial charge in [-0.2, -0.15) is 0 Å². The summed E-state index contributed by atoms with van der Waals surface area (Å²) >= 11 is 12.2. The number of halogens is 2. The van der Waals surface area contributed by atoms with E-state index in [-0.39, 0.29) is 29.8 Å². The highest BCUT2D eigenvalue weighted by Crippen LogP contribution is 2.32. The molecule has 2 aromatic rings. The van der Waals surface area contributed by atoms with E-state index in [2.05, 4.69) is 12.2 Å². The van der Waals surface area contributed by atoms with Crippen molar-refractivity contribution < 1.29 is 14.0 Å². The third kappa shape index (κ3) is 5.44. The van der Waals surface area contributed by atoms with Crippen molar-refractivity contribution in [1.29, 1.82) is 0 Å². The Bertz CT molecular complexity index is 993. The van der Waals surface area contributed by atoms with E-state index in [1.165, 1.54) is 40.4 Å². The largest absolute Gasteiger partial charge is 0.326 e. The fourth-order valence-corrected chi connectivity index (χ4v) is 4.19. The van der Waals surface area contributed by atoms with Gasteiger partial charge >= 0.3 is 0 Å². The highest BCUT2D eigenvalue weighted by molar-refractivity contribution is 8.26. The summed E-state index contributed by atoms with van der Waals surface area (Å²) in [6.07, 6.45) is 2.81. The lowest BCUT2D eigenvalue weighted by Gasteiger charge is -2.14. The minimum atomic E-state index is -0.557. The first-order chi connectivity index (χ1) is 13.9. The quantitative estimate of drug-likeness (QED) is 0.483. The summed E-state index contributed by atoms with van der Waals surface area (Å²) < 4.78 is 13.6. The zero-order valence-corrected chi connectivity index (χ0v) is 18.0. The molecule has 0 aromatic heterocycles. The summed E-state index contributed by atoms with van der Waals surface area (Å²) in [6.45, 7) is 2.25. The molecule has 29 heavy (non-hydrogen) atoms. The molecule has 1 aliphatic heterocycles. The van der Waals surface area contributed by atoms with E-state index >= 15 is 0 Å². The van der Waals surface area contributed by atoms with Crippen LogP contribution in [0.15, 0.2) is 47.4 Å². The summed E-state index contributed by atoms with van der Waals surface area (Å²) in [5.41, 5.74) is 2.54. The lowest BCUT2D eigenvalue weighted by atomic mass is 10.1. The number of benzene rings is 2. The predicted octanol–water partition coefficient (Wildman–Crippen LogP) is 5.27. The molecule has 3 rings (SSSR count). The molecule has 4 nitrogen and oxygen atoms in total. The number of carbonyl (C=O) groups is 2. The van der Waals surface area contributed by atoms with Gasteiger partial charge < -0.3 is 5.32 Å². The number of nitrogens with zero attached hydrogens (tertiary/aromatic N) is 1. The van der Waals surface area contributed by atoms with Crippen LogP contribution in [0.3, 0.4) is 0 Å². The molecule has 0 saturated carbocycles. The number of nitrogens with one attached hydrogen (secondary N) is 1. The number of rotatable bonds is 6. The number of aryl methyl sites for hydroxylation is 1. The summed E-state index contributed by atoms with van der Waals surface area (Å²) in [6, 6.07) is 11.9. The van der Waals surface area contributed by atoms with Crippen molar-refractivity contribution in [3.63, 3.8) is 0 Å². The van der Waals surface area contributed by atoms with Gasteiger partial charge in [-0.25, -0.2) is 4.39 Å². The number of amides is 2. The molecule has 2 amide bonds. The van der Waals surface area contributed by atoms with Gasteiger partial charge in [-0.15, -0.1) is 0 Å². The van der Waals surface area contributed by atoms with Crippen LogP contribution in [0.5, 0.6) is 0 Å². The number of hydrogen-bond donors (Lipinski definition) is 1. The van der Waals surface area contributed by atoms with Gasteiger partial charge in [-0.3, -0.25) is 14.5 Å². The second-order valence-corrected chi connectivity index (χ2v) is 8.44. The Hall–Kier alpha value is -2.22. The minimum Gasteiger partial charge on any atom is -0.326 e. The van der Waals surface area contributed by atoms with Crippen LogP contribution in [-0.4, -0.2) is 27.6 Å². The first-order valence-electron chi connectivity index (χ1n) is 8.96. The van der Waals surface area contributed by atoms with Gasteiger partial charge in [0, 0.05) is 18.7 Å². The maximum atomic E-state index is 13.2. The normalized spacial score (nSPS) is 15.3. The molecule has 0 atom stereocenters. The van der Waals surface area contributed by atoms with Crippen LogP contribution in [-0.2, 0) is 16.0 Å². The zero-order chi connectivity index (χ0) is 21.0. The van der Waals surface area contributed by atoms with Gasteiger partial charge in [-0.1, -0.05) is 66.8 Å². The smallest absolute Gasteiger partial charge is 0.266 e. The summed E-state index contributed by atoms with van der Waals surface area (Å²) in [5.74, 6) is -1.09. The van der Waals surface area contributed by atoms with Gasteiger partial charge in [0.15, 0.2) is 0 Å². The third-order valence-corrected chi connectivity index (χ3v) is 5.99. The molecule has 2 aromatic carbocycles. The number of thiocarbonyl (C=S) groups is 1. The van der Waals surface area contributed by atoms with Gasteiger partial charge in [-0.05, 0) is 41.8 Å². The van der Waals surface area contributed by atoms with Crippen molar-refractivity contribution in [3.8, 4) is 0 Å². The predicted molar refractivity (Wildman–Crippen MR) is 120 cm³/mol. The molecule has 150 valence electrons. The molecule has 0 radical (unpaired) electrons. The molecule has 0 spiro atoms. The summed E-state index contributed by atoms with van der Waals surface area (Å²) in [7, 11) is 0. The Balaban J connectivity index is 1.60. The molecule has 0 bridgehead atoms. The van der Waals surface area contributed by atoms with Gasteiger partial charge in [0.25, 0.3) is 5.91 Å². The number of hydrogen-bond acceptors (Lipinski definition) is 4. The third-order valence-electron chi connectivity index (χ3n) is 4.33. The standard InChI is InChI=1S/C21H18ClFN2O2S2/c1-2-13-3-5-14(6-4-13)11-18-20(27)25(21(28)29-18)10-9-19(26)24-15-7-8-17(23)16(22)12-15/h3-8,11-12H,2,9-10H2,1H3,(H,24,26)/b18-11-. The highest BCUT2D eigenvalue weighted by atomic mass is 35.5. The van der Waals surface area contributed by atoms with Crippen LogP contribution in [0.4, 0.5) is 10.1 Å². The van der Waals surface area contributed by atoms with Crippen molar-refractivity contribution in [2.24, 2.45) is 0 Å². The molecular formula is C21H18ClFN2O2S2. The maximum absolute atomic E-state index is 13.2. The van der Waals surface area contributed by atoms with Gasteiger partial charge in [0.1, 0.15) is 10.1 Å². The monoisotopic (exact) mass is 448 g/mol. The molecule has 1 aliphatic rings. The van der Waals surface area contributed by atoms with Crippen LogP contribution >= 0.6 is 35.6 Å². The molecule has 0 aliphatic carbocycles. The summed E-state index contributed by atoms with van der Waals surface area (Å²) in [5, 5.41) is 2.56. The average molecular weight is 449 g/mol. The summed E-state index contributed by atoms with van der Waals surface area (Å²) in [4.78, 5) is 26.8. The van der Waals surface area contributed by atoms with E-state index < -0.39 is 5.82 Å². The topological polar surface area (TPSA) is 49.4 Å². The fraction of sp³-hybridized carbons (Fsp3) is 0.190. The van der Waals surface area contributed by atoms with E-state index in [4.69, 9.17) is 23.8 Å². The zero-order valence-electron chi connectivity index (χ0n) is 15.6. The van der Waals surface area contributed by atoms with Crippen LogP contribution in [0, 0.1) is 5.82 Å². The molecule has 1 fully saturated rings. The SMILES string of the molecule is CCc1ccc(/C=C2\SC(=S)N(CCC(=O)Nc3ccc(F)c(Cl)c3)C2=O)cc1. The van der Waals surface area contributed by atoms with E-state index in [1.54, 1.807) is 6.08 Å². The first-order valence-corrected chi connectivity index (χ1v) is 10.6. The molecule has 8 heteroatoms. The molecule has 0 unspecified atom stereocenters. The lowest BCUT2D eigenvalue weighted by Crippen LogP contribution is -2.31. The Kier molecular flexibility index (Phi) is 7.05. The van der Waals surface area contributed by atoms with Crippen LogP contribution in [0.2, 0.25) is 5.02 Å². The lowest BCUT2D eigenvalue weighted by molar-refractivity contribution is -0.122. The maximum Gasteiger partial charge on any atom is 0.266 e. The van der Waals surface area contributed by atoms with Crippen molar-refractivity contribution in [2.45, 2.75) is 19.8 Å². The fourth-order valence-electron chi connectivity index (χ4n) is 2.70. The molecular weight excluding hydrogens is 431 g/mol. The van der Waals surface area contributed by atoms with E-state index in [9.17, 15) is 14.0 Å². The minimum absolute atomic E-state index is 0.0555. The molecule has 1 saturated heterocycles. The van der Waals surface area contributed by atoms with Gasteiger partial charge in [0.05, 0.1) is 9.93 Å². The molecule has 1 heterocycles. The van der Waals surface area contributed by atoms with Crippen molar-refractivity contribution in [3.05, 3.63) is 69.3 Å². The first kappa shape index (κ1) is 21.5. The van der Waals surface area contributed by atoms with E-state index in [0.29, 0.717) is 14.9 Å². The van der Waals surface area contributed by atoms with Crippen LogP contribution < -0.4 is 5.32 Å². The highest BCUT2D eigenvalue weighted by Gasteiger charge is 2.32. The van der Waals surface area contributed by atoms with Crippen LogP contribution in [0.1, 0.15) is 24.5 Å². The number of anilines is 1. The van der Waals surface area contributed by atoms with E-state index in [1.807, 2.05) is 24.3 Å². The van der Waals surface area contributed by atoms with Crippen molar-refractivity contribution in [1.82, 2.24) is 4.90 Å². The van der Waals surface area contributed by atoms with Crippen LogP contribution in [0.25, 0.3) is 6.08 Å².